The van der Waals surface area contributed by atoms with Crippen LogP contribution in [0.5, 0.6) is 5.75 Å². The summed E-state index contributed by atoms with van der Waals surface area (Å²) in [7, 11) is 0. The molecule has 0 spiro atoms. The predicted octanol–water partition coefficient (Wildman–Crippen LogP) is 4.08. The van der Waals surface area contributed by atoms with Crippen molar-refractivity contribution in [3.8, 4) is 5.75 Å². The Hall–Kier alpha value is -1.80. The van der Waals surface area contributed by atoms with E-state index in [1.165, 1.54) is 22.3 Å². The van der Waals surface area contributed by atoms with Gasteiger partial charge < -0.3 is 10.5 Å². The Morgan fingerprint density at radius 2 is 1.75 bits per heavy atom. The Kier molecular flexibility index (Phi) is 4.80. The summed E-state index contributed by atoms with van der Waals surface area (Å²) in [5, 5.41) is 0. The van der Waals surface area contributed by atoms with Gasteiger partial charge in [0.25, 0.3) is 0 Å². The molecule has 0 radical (unpaired) electrons. The number of hydrogen-bond acceptors (Lipinski definition) is 2. The SMILES string of the molecule is Cc1cccc(OCCC(N)c2ccc(C)cc2C)c1. The van der Waals surface area contributed by atoms with Crippen molar-refractivity contribution < 1.29 is 4.74 Å². The third kappa shape index (κ3) is 3.84. The van der Waals surface area contributed by atoms with Gasteiger partial charge >= 0.3 is 0 Å². The van der Waals surface area contributed by atoms with Crippen LogP contribution in [-0.4, -0.2) is 6.61 Å². The Balaban J connectivity index is 1.90. The van der Waals surface area contributed by atoms with Crippen LogP contribution in [0.4, 0.5) is 0 Å². The van der Waals surface area contributed by atoms with Crippen molar-refractivity contribution in [3.63, 3.8) is 0 Å². The number of benzene rings is 2. The summed E-state index contributed by atoms with van der Waals surface area (Å²) in [6.45, 7) is 6.92. The van der Waals surface area contributed by atoms with Crippen molar-refractivity contribution in [2.45, 2.75) is 33.2 Å². The van der Waals surface area contributed by atoms with Gasteiger partial charge in [0, 0.05) is 12.5 Å². The predicted molar refractivity (Wildman–Crippen MR) is 84.1 cm³/mol. The smallest absolute Gasteiger partial charge is 0.119 e. The van der Waals surface area contributed by atoms with E-state index in [0.29, 0.717) is 6.61 Å². The average Bonchev–Trinajstić information content (AvgIpc) is 2.38. The Morgan fingerprint density at radius 3 is 2.45 bits per heavy atom. The fraction of sp³-hybridized carbons (Fsp3) is 0.333. The van der Waals surface area contributed by atoms with Crippen LogP contribution in [0, 0.1) is 20.8 Å². The lowest BCUT2D eigenvalue weighted by Gasteiger charge is -2.16. The van der Waals surface area contributed by atoms with Crippen molar-refractivity contribution in [2.75, 3.05) is 6.61 Å². The molecule has 2 aromatic rings. The van der Waals surface area contributed by atoms with E-state index in [1.54, 1.807) is 0 Å². The fourth-order valence-electron chi connectivity index (χ4n) is 2.41. The van der Waals surface area contributed by atoms with Crippen LogP contribution in [0.2, 0.25) is 0 Å². The summed E-state index contributed by atoms with van der Waals surface area (Å²) in [5.41, 5.74) is 11.2. The molecule has 0 amide bonds. The molecule has 106 valence electrons. The third-order valence-corrected chi connectivity index (χ3v) is 3.51. The molecule has 0 aliphatic rings. The summed E-state index contributed by atoms with van der Waals surface area (Å²) in [5.74, 6) is 0.915. The monoisotopic (exact) mass is 269 g/mol. The van der Waals surface area contributed by atoms with Gasteiger partial charge in [-0.3, -0.25) is 0 Å². The highest BCUT2D eigenvalue weighted by atomic mass is 16.5. The minimum Gasteiger partial charge on any atom is -0.494 e. The molecule has 2 rings (SSSR count). The number of ether oxygens (including phenoxy) is 1. The number of aryl methyl sites for hydroxylation is 3. The van der Waals surface area contributed by atoms with E-state index in [2.05, 4.69) is 45.0 Å². The van der Waals surface area contributed by atoms with Gasteiger partial charge in [0.2, 0.25) is 0 Å². The van der Waals surface area contributed by atoms with Crippen molar-refractivity contribution in [2.24, 2.45) is 5.73 Å². The lowest BCUT2D eigenvalue weighted by Crippen LogP contribution is -2.15. The highest BCUT2D eigenvalue weighted by Crippen LogP contribution is 2.20. The minimum atomic E-state index is 0.0282. The number of rotatable bonds is 5. The van der Waals surface area contributed by atoms with Gasteiger partial charge in [-0.05, 0) is 49.6 Å². The lowest BCUT2D eigenvalue weighted by molar-refractivity contribution is 0.298. The Bertz CT molecular complexity index is 577. The summed E-state index contributed by atoms with van der Waals surface area (Å²) < 4.78 is 5.76. The van der Waals surface area contributed by atoms with Crippen LogP contribution in [0.1, 0.15) is 34.7 Å². The molecule has 0 saturated heterocycles. The van der Waals surface area contributed by atoms with Crippen molar-refractivity contribution >= 4 is 0 Å². The van der Waals surface area contributed by atoms with Crippen LogP contribution in [-0.2, 0) is 0 Å². The third-order valence-electron chi connectivity index (χ3n) is 3.51. The normalized spacial score (nSPS) is 12.2. The zero-order chi connectivity index (χ0) is 14.5. The molecule has 0 aromatic heterocycles. The molecule has 2 N–H and O–H groups in total. The van der Waals surface area contributed by atoms with Crippen LogP contribution in [0.3, 0.4) is 0 Å². The second-order valence-electron chi connectivity index (χ2n) is 5.42. The first-order valence-corrected chi connectivity index (χ1v) is 7.08. The van der Waals surface area contributed by atoms with Gasteiger partial charge in [-0.2, -0.15) is 0 Å². The van der Waals surface area contributed by atoms with Crippen LogP contribution in [0.15, 0.2) is 42.5 Å². The molecule has 1 atom stereocenters. The zero-order valence-corrected chi connectivity index (χ0v) is 12.5. The second-order valence-corrected chi connectivity index (χ2v) is 5.42. The molecule has 0 bridgehead atoms. The fourth-order valence-corrected chi connectivity index (χ4v) is 2.41. The van der Waals surface area contributed by atoms with Gasteiger partial charge in [-0.1, -0.05) is 35.9 Å². The van der Waals surface area contributed by atoms with E-state index >= 15 is 0 Å². The molecule has 0 saturated carbocycles. The number of nitrogens with two attached hydrogens (primary N) is 1. The second kappa shape index (κ2) is 6.58. The maximum absolute atomic E-state index is 6.26. The molecule has 2 heteroatoms. The molecular formula is C18H23NO. The van der Waals surface area contributed by atoms with Gasteiger partial charge in [0.15, 0.2) is 0 Å². The summed E-state index contributed by atoms with van der Waals surface area (Å²) >= 11 is 0. The lowest BCUT2D eigenvalue weighted by atomic mass is 9.98. The van der Waals surface area contributed by atoms with Crippen molar-refractivity contribution in [1.29, 1.82) is 0 Å². The summed E-state index contributed by atoms with van der Waals surface area (Å²) in [6, 6.07) is 14.5. The molecule has 0 fully saturated rings. The first kappa shape index (κ1) is 14.6. The van der Waals surface area contributed by atoms with Gasteiger partial charge in [0.1, 0.15) is 5.75 Å². The Labute approximate surface area is 121 Å². The van der Waals surface area contributed by atoms with E-state index in [9.17, 15) is 0 Å². The van der Waals surface area contributed by atoms with Gasteiger partial charge in [-0.15, -0.1) is 0 Å². The highest BCUT2D eigenvalue weighted by Gasteiger charge is 2.09. The minimum absolute atomic E-state index is 0.0282. The molecule has 0 aliphatic heterocycles. The Morgan fingerprint density at radius 1 is 1.00 bits per heavy atom. The van der Waals surface area contributed by atoms with Crippen LogP contribution < -0.4 is 10.5 Å². The van der Waals surface area contributed by atoms with E-state index in [-0.39, 0.29) is 6.04 Å². The quantitative estimate of drug-likeness (QED) is 0.887. The van der Waals surface area contributed by atoms with E-state index < -0.39 is 0 Å². The van der Waals surface area contributed by atoms with E-state index in [1.807, 2.05) is 18.2 Å². The van der Waals surface area contributed by atoms with E-state index in [4.69, 9.17) is 10.5 Å². The zero-order valence-electron chi connectivity index (χ0n) is 12.5. The van der Waals surface area contributed by atoms with E-state index in [0.717, 1.165) is 12.2 Å². The van der Waals surface area contributed by atoms with Crippen molar-refractivity contribution in [3.05, 3.63) is 64.7 Å². The van der Waals surface area contributed by atoms with Crippen LogP contribution >= 0.6 is 0 Å². The first-order valence-electron chi connectivity index (χ1n) is 7.08. The maximum atomic E-state index is 6.26. The van der Waals surface area contributed by atoms with Gasteiger partial charge in [0.05, 0.1) is 6.61 Å². The standard InChI is InChI=1S/C18H23NO/c1-13-5-4-6-16(12-13)20-10-9-18(19)17-8-7-14(2)11-15(17)3/h4-8,11-12,18H,9-10,19H2,1-3H3. The summed E-state index contributed by atoms with van der Waals surface area (Å²) in [4.78, 5) is 0. The molecule has 2 aromatic carbocycles. The molecule has 0 heterocycles. The number of hydrogen-bond donors (Lipinski definition) is 1. The topological polar surface area (TPSA) is 35.2 Å². The molecule has 20 heavy (non-hydrogen) atoms. The largest absolute Gasteiger partial charge is 0.494 e. The molecule has 2 nitrogen and oxygen atoms in total. The summed E-state index contributed by atoms with van der Waals surface area (Å²) in [6.07, 6.45) is 0.817. The highest BCUT2D eigenvalue weighted by molar-refractivity contribution is 5.32. The molecule has 0 aliphatic carbocycles. The van der Waals surface area contributed by atoms with Crippen LogP contribution in [0.25, 0.3) is 0 Å². The average molecular weight is 269 g/mol. The molecular weight excluding hydrogens is 246 g/mol. The maximum Gasteiger partial charge on any atom is 0.119 e. The van der Waals surface area contributed by atoms with Crippen molar-refractivity contribution in [1.82, 2.24) is 0 Å². The van der Waals surface area contributed by atoms with Gasteiger partial charge in [-0.25, -0.2) is 0 Å². The first-order chi connectivity index (χ1) is 9.56. The molecule has 1 unspecified atom stereocenters.